The molecular weight excluding hydrogens is 390 g/mol. The molecule has 140 valence electrons. The second kappa shape index (κ2) is 7.77. The second-order valence-corrected chi connectivity index (χ2v) is 7.88. The van der Waals surface area contributed by atoms with Crippen molar-refractivity contribution in [1.82, 2.24) is 20.1 Å². The highest BCUT2D eigenvalue weighted by Gasteiger charge is 2.12. The summed E-state index contributed by atoms with van der Waals surface area (Å²) in [5, 5.41) is 7.10. The molecule has 0 bridgehead atoms. The Hall–Kier alpha value is -2.91. The summed E-state index contributed by atoms with van der Waals surface area (Å²) in [5.41, 5.74) is 1.27. The largest absolute Gasteiger partial charge is 0.348 e. The molecule has 0 aliphatic rings. The molecule has 0 saturated heterocycles. The number of carbonyl (C=O) groups is 1. The van der Waals surface area contributed by atoms with E-state index in [4.69, 9.17) is 11.6 Å². The lowest BCUT2D eigenvalue weighted by Gasteiger charge is -2.10. The number of halogens is 1. The van der Waals surface area contributed by atoms with E-state index in [0.29, 0.717) is 5.82 Å². The first-order chi connectivity index (χ1) is 12.8. The number of hydrogen-bond acceptors (Lipinski definition) is 5. The summed E-state index contributed by atoms with van der Waals surface area (Å²) in [7, 11) is -3.51. The molecule has 2 heterocycles. The monoisotopic (exact) mass is 405 g/mol. The molecule has 0 atom stereocenters. The van der Waals surface area contributed by atoms with Crippen molar-refractivity contribution >= 4 is 33.2 Å². The van der Waals surface area contributed by atoms with Crippen molar-refractivity contribution in [2.75, 3.05) is 11.0 Å². The lowest BCUT2D eigenvalue weighted by Crippen LogP contribution is -2.23. The molecule has 0 unspecified atom stereocenters. The number of hydrogen-bond donors (Lipinski definition) is 2. The van der Waals surface area contributed by atoms with Crippen molar-refractivity contribution in [1.29, 1.82) is 0 Å². The Morgan fingerprint density at radius 2 is 2.04 bits per heavy atom. The second-order valence-electron chi connectivity index (χ2n) is 5.72. The van der Waals surface area contributed by atoms with Crippen LogP contribution in [0.3, 0.4) is 0 Å². The number of rotatable bonds is 6. The maximum absolute atomic E-state index is 12.4. The molecule has 10 heteroatoms. The van der Waals surface area contributed by atoms with Crippen molar-refractivity contribution in [2.45, 2.75) is 6.54 Å². The topological polar surface area (TPSA) is 106 Å². The molecule has 0 radical (unpaired) electrons. The number of pyridine rings is 1. The zero-order valence-corrected chi connectivity index (χ0v) is 15.8. The first-order valence-electron chi connectivity index (χ1n) is 7.82. The van der Waals surface area contributed by atoms with E-state index in [1.54, 1.807) is 35.4 Å². The fourth-order valence-electron chi connectivity index (χ4n) is 2.33. The van der Waals surface area contributed by atoms with Crippen LogP contribution in [0.4, 0.5) is 5.69 Å². The average molecular weight is 406 g/mol. The summed E-state index contributed by atoms with van der Waals surface area (Å²) in [5.74, 6) is 0.276. The van der Waals surface area contributed by atoms with Crippen LogP contribution >= 0.6 is 11.6 Å². The normalized spacial score (nSPS) is 11.2. The molecular formula is C17H16ClN5O3S. The van der Waals surface area contributed by atoms with Crippen LogP contribution in [-0.2, 0) is 16.6 Å². The zero-order valence-electron chi connectivity index (χ0n) is 14.3. The Labute approximate surface area is 161 Å². The third-order valence-corrected chi connectivity index (χ3v) is 4.45. The Morgan fingerprint density at radius 1 is 1.22 bits per heavy atom. The van der Waals surface area contributed by atoms with E-state index in [0.717, 1.165) is 11.8 Å². The molecule has 1 aromatic carbocycles. The third kappa shape index (κ3) is 5.05. The lowest BCUT2D eigenvalue weighted by molar-refractivity contribution is 0.0951. The van der Waals surface area contributed by atoms with E-state index in [1.165, 1.54) is 18.2 Å². The number of amides is 1. The first-order valence-corrected chi connectivity index (χ1v) is 10.1. The maximum atomic E-state index is 12.4. The molecule has 3 rings (SSSR count). The molecule has 0 saturated carbocycles. The van der Waals surface area contributed by atoms with Gasteiger partial charge in [0, 0.05) is 30.7 Å². The van der Waals surface area contributed by atoms with Crippen LogP contribution in [0.2, 0.25) is 5.02 Å². The van der Waals surface area contributed by atoms with Gasteiger partial charge in [0.15, 0.2) is 5.82 Å². The lowest BCUT2D eigenvalue weighted by atomic mass is 10.2. The van der Waals surface area contributed by atoms with Gasteiger partial charge in [-0.1, -0.05) is 11.6 Å². The Morgan fingerprint density at radius 3 is 2.74 bits per heavy atom. The van der Waals surface area contributed by atoms with E-state index < -0.39 is 10.0 Å². The predicted octanol–water partition coefficient (Wildman–Crippen LogP) is 2.22. The van der Waals surface area contributed by atoms with Crippen molar-refractivity contribution < 1.29 is 13.2 Å². The molecule has 27 heavy (non-hydrogen) atoms. The van der Waals surface area contributed by atoms with Crippen LogP contribution < -0.4 is 10.0 Å². The Bertz CT molecular complexity index is 1070. The Kier molecular flexibility index (Phi) is 5.43. The van der Waals surface area contributed by atoms with Crippen LogP contribution in [0.25, 0.3) is 5.82 Å². The summed E-state index contributed by atoms with van der Waals surface area (Å²) < 4.78 is 26.7. The third-order valence-electron chi connectivity index (χ3n) is 3.53. The van der Waals surface area contributed by atoms with Crippen molar-refractivity contribution in [3.05, 3.63) is 71.1 Å². The van der Waals surface area contributed by atoms with E-state index >= 15 is 0 Å². The smallest absolute Gasteiger partial charge is 0.251 e. The minimum Gasteiger partial charge on any atom is -0.348 e. The van der Waals surface area contributed by atoms with Crippen molar-refractivity contribution in [3.63, 3.8) is 0 Å². The minimum absolute atomic E-state index is 0.150. The Balaban J connectivity index is 1.71. The van der Waals surface area contributed by atoms with E-state index in [2.05, 4.69) is 20.1 Å². The molecule has 1 amide bonds. The van der Waals surface area contributed by atoms with Gasteiger partial charge in [-0.2, -0.15) is 5.10 Å². The molecule has 2 N–H and O–H groups in total. The van der Waals surface area contributed by atoms with Gasteiger partial charge in [-0.25, -0.2) is 18.1 Å². The van der Waals surface area contributed by atoms with Gasteiger partial charge in [-0.05, 0) is 42.0 Å². The molecule has 0 spiro atoms. The predicted molar refractivity (Wildman–Crippen MR) is 102 cm³/mol. The van der Waals surface area contributed by atoms with Crippen LogP contribution in [0.1, 0.15) is 15.9 Å². The minimum atomic E-state index is -3.51. The summed E-state index contributed by atoms with van der Waals surface area (Å²) in [6.45, 7) is 0.271. The van der Waals surface area contributed by atoms with Gasteiger partial charge in [0.2, 0.25) is 10.0 Å². The molecule has 8 nitrogen and oxygen atoms in total. The fraction of sp³-hybridized carbons (Fsp3) is 0.118. The van der Waals surface area contributed by atoms with Gasteiger partial charge in [0.1, 0.15) is 0 Å². The van der Waals surface area contributed by atoms with Gasteiger partial charge < -0.3 is 5.32 Å². The number of benzene rings is 1. The van der Waals surface area contributed by atoms with E-state index in [1.807, 2.05) is 6.07 Å². The van der Waals surface area contributed by atoms with E-state index in [-0.39, 0.29) is 28.7 Å². The van der Waals surface area contributed by atoms with Gasteiger partial charge in [-0.15, -0.1) is 0 Å². The highest BCUT2D eigenvalue weighted by atomic mass is 35.5. The number of nitrogens with zero attached hydrogens (tertiary/aromatic N) is 3. The summed E-state index contributed by atoms with van der Waals surface area (Å²) in [6.07, 6.45) is 6.07. The number of aromatic nitrogens is 3. The highest BCUT2D eigenvalue weighted by molar-refractivity contribution is 7.92. The van der Waals surface area contributed by atoms with Gasteiger partial charge in [0.25, 0.3) is 5.91 Å². The molecule has 2 aromatic heterocycles. The summed E-state index contributed by atoms with van der Waals surface area (Å²) in [4.78, 5) is 16.6. The van der Waals surface area contributed by atoms with Gasteiger partial charge in [0.05, 0.1) is 17.0 Å². The zero-order chi connectivity index (χ0) is 19.4. The fourth-order valence-corrected chi connectivity index (χ4v) is 3.12. The number of anilines is 1. The van der Waals surface area contributed by atoms with Crippen molar-refractivity contribution in [2.24, 2.45) is 0 Å². The quantitative estimate of drug-likeness (QED) is 0.654. The van der Waals surface area contributed by atoms with E-state index in [9.17, 15) is 13.2 Å². The molecule has 3 aromatic rings. The number of sulfonamides is 1. The van der Waals surface area contributed by atoms with Gasteiger partial charge >= 0.3 is 0 Å². The number of carbonyl (C=O) groups excluding carboxylic acids is 1. The molecule has 0 aliphatic carbocycles. The highest BCUT2D eigenvalue weighted by Crippen LogP contribution is 2.24. The van der Waals surface area contributed by atoms with Crippen LogP contribution in [0.15, 0.2) is 55.0 Å². The standard InChI is InChI=1S/C17H16ClN5O3S/c1-27(25,26)22-15-10-13(3-4-14(15)18)17(24)20-11-12-5-7-19-16(9-12)23-8-2-6-21-23/h2-10,22H,11H2,1H3,(H,20,24). The molecule has 0 aliphatic heterocycles. The summed E-state index contributed by atoms with van der Waals surface area (Å²) in [6, 6.07) is 9.76. The molecule has 0 fully saturated rings. The van der Waals surface area contributed by atoms with Gasteiger partial charge in [-0.3, -0.25) is 9.52 Å². The van der Waals surface area contributed by atoms with Crippen molar-refractivity contribution in [3.8, 4) is 5.82 Å². The van der Waals surface area contributed by atoms with Crippen LogP contribution in [0.5, 0.6) is 0 Å². The maximum Gasteiger partial charge on any atom is 0.251 e. The number of nitrogens with one attached hydrogen (secondary N) is 2. The first kappa shape index (κ1) is 18.9. The average Bonchev–Trinajstić information content (AvgIpc) is 3.15. The SMILES string of the molecule is CS(=O)(=O)Nc1cc(C(=O)NCc2ccnc(-n3cccn3)c2)ccc1Cl. The van der Waals surface area contributed by atoms with Crippen LogP contribution in [0, 0.1) is 0 Å². The van der Waals surface area contributed by atoms with Crippen LogP contribution in [-0.4, -0.2) is 35.3 Å². The summed E-state index contributed by atoms with van der Waals surface area (Å²) >= 11 is 5.97.